The molecule has 1 aliphatic rings. The third-order valence-electron chi connectivity index (χ3n) is 5.44. The zero-order valence-electron chi connectivity index (χ0n) is 18.2. The summed E-state index contributed by atoms with van der Waals surface area (Å²) in [7, 11) is -3.76. The van der Waals surface area contributed by atoms with Gasteiger partial charge in [0.2, 0.25) is 10.0 Å². The highest BCUT2D eigenvalue weighted by Gasteiger charge is 2.27. The minimum atomic E-state index is -3.76. The third-order valence-corrected chi connectivity index (χ3v) is 7.34. The van der Waals surface area contributed by atoms with Crippen molar-refractivity contribution in [2.24, 2.45) is 0 Å². The number of nitrogens with zero attached hydrogens (tertiary/aromatic N) is 2. The lowest BCUT2D eigenvalue weighted by Gasteiger charge is -2.26. The van der Waals surface area contributed by atoms with Crippen LogP contribution in [0.25, 0.3) is 0 Å². The molecule has 1 amide bonds. The lowest BCUT2D eigenvalue weighted by molar-refractivity contribution is -0.384. The molecular weight excluding hydrogens is 458 g/mol. The van der Waals surface area contributed by atoms with E-state index >= 15 is 0 Å². The summed E-state index contributed by atoms with van der Waals surface area (Å²) in [5.74, 6) is 0.108. The SMILES string of the molecule is O=C(Nc1cc(S(=O)(=O)N2CCCCC2)ccc1Oc1ccccc1)c1cccc([N+](=O)[O-])c1. The first-order chi connectivity index (χ1) is 16.3. The van der Waals surface area contributed by atoms with Crippen LogP contribution in [0.1, 0.15) is 29.6 Å². The number of piperidine rings is 1. The number of hydrogen-bond donors (Lipinski definition) is 1. The van der Waals surface area contributed by atoms with Crippen molar-refractivity contribution in [3.05, 3.63) is 88.5 Å². The first kappa shape index (κ1) is 23.4. The number of rotatable bonds is 7. The zero-order chi connectivity index (χ0) is 24.1. The van der Waals surface area contributed by atoms with Gasteiger partial charge in [-0.2, -0.15) is 4.31 Å². The minimum absolute atomic E-state index is 0.0316. The molecule has 0 bridgehead atoms. The van der Waals surface area contributed by atoms with Crippen LogP contribution >= 0.6 is 0 Å². The number of amides is 1. The number of carbonyl (C=O) groups is 1. The summed E-state index contributed by atoms with van der Waals surface area (Å²) < 4.78 is 33.7. The van der Waals surface area contributed by atoms with Crippen LogP contribution in [0.4, 0.5) is 11.4 Å². The van der Waals surface area contributed by atoms with E-state index in [1.165, 1.54) is 40.7 Å². The first-order valence-corrected chi connectivity index (χ1v) is 12.2. The smallest absolute Gasteiger partial charge is 0.270 e. The van der Waals surface area contributed by atoms with Gasteiger partial charge in [0.05, 0.1) is 15.5 Å². The number of carbonyl (C=O) groups excluding carboxylic acids is 1. The number of para-hydroxylation sites is 1. The summed E-state index contributed by atoms with van der Waals surface area (Å²) in [5.41, 5.74) is -0.0302. The molecule has 3 aromatic carbocycles. The second-order valence-corrected chi connectivity index (χ2v) is 9.74. The zero-order valence-corrected chi connectivity index (χ0v) is 19.0. The van der Waals surface area contributed by atoms with E-state index in [0.29, 0.717) is 18.8 Å². The number of benzene rings is 3. The van der Waals surface area contributed by atoms with E-state index < -0.39 is 20.9 Å². The molecule has 1 saturated heterocycles. The number of ether oxygens (including phenoxy) is 1. The Hall–Kier alpha value is -3.76. The Bertz CT molecular complexity index is 1310. The van der Waals surface area contributed by atoms with Crippen LogP contribution in [0.2, 0.25) is 0 Å². The summed E-state index contributed by atoms with van der Waals surface area (Å²) in [4.78, 5) is 23.4. The van der Waals surface area contributed by atoms with Crippen molar-refractivity contribution in [1.82, 2.24) is 4.31 Å². The summed E-state index contributed by atoms with van der Waals surface area (Å²) in [6.07, 6.45) is 2.58. The van der Waals surface area contributed by atoms with Gasteiger partial charge in [0.25, 0.3) is 11.6 Å². The molecule has 0 radical (unpaired) electrons. The van der Waals surface area contributed by atoms with E-state index in [0.717, 1.165) is 25.3 Å². The summed E-state index contributed by atoms with van der Waals surface area (Å²) in [6, 6.07) is 18.4. The Morgan fingerprint density at radius 1 is 0.941 bits per heavy atom. The molecule has 0 aromatic heterocycles. The molecular formula is C24H23N3O6S. The van der Waals surface area contributed by atoms with Crippen LogP contribution in [0.15, 0.2) is 77.7 Å². The van der Waals surface area contributed by atoms with E-state index in [1.807, 2.05) is 6.07 Å². The van der Waals surface area contributed by atoms with E-state index in [2.05, 4.69) is 5.32 Å². The highest BCUT2D eigenvalue weighted by atomic mass is 32.2. The van der Waals surface area contributed by atoms with Gasteiger partial charge in [-0.15, -0.1) is 0 Å². The molecule has 176 valence electrons. The van der Waals surface area contributed by atoms with Crippen molar-refractivity contribution < 1.29 is 22.9 Å². The predicted molar refractivity (Wildman–Crippen MR) is 127 cm³/mol. The lowest BCUT2D eigenvalue weighted by atomic mass is 10.2. The van der Waals surface area contributed by atoms with Gasteiger partial charge >= 0.3 is 0 Å². The Balaban J connectivity index is 1.69. The monoisotopic (exact) mass is 481 g/mol. The minimum Gasteiger partial charge on any atom is -0.455 e. The predicted octanol–water partition coefficient (Wildman–Crippen LogP) is 4.81. The van der Waals surface area contributed by atoms with E-state index in [-0.39, 0.29) is 27.6 Å². The number of anilines is 1. The van der Waals surface area contributed by atoms with Crippen LogP contribution in [0.3, 0.4) is 0 Å². The van der Waals surface area contributed by atoms with Gasteiger partial charge in [-0.05, 0) is 49.2 Å². The van der Waals surface area contributed by atoms with Crippen molar-refractivity contribution >= 4 is 27.3 Å². The quantitative estimate of drug-likeness (QED) is 0.382. The molecule has 1 fully saturated rings. The fraction of sp³-hybridized carbons (Fsp3) is 0.208. The molecule has 9 nitrogen and oxygen atoms in total. The summed E-state index contributed by atoms with van der Waals surface area (Å²) in [6.45, 7) is 0.889. The van der Waals surface area contributed by atoms with Gasteiger partial charge in [0.15, 0.2) is 5.75 Å². The van der Waals surface area contributed by atoms with Gasteiger partial charge in [-0.3, -0.25) is 14.9 Å². The molecule has 0 atom stereocenters. The average Bonchev–Trinajstić information content (AvgIpc) is 2.86. The number of hydrogen-bond acceptors (Lipinski definition) is 6. The molecule has 3 aromatic rings. The van der Waals surface area contributed by atoms with Gasteiger partial charge < -0.3 is 10.1 Å². The number of non-ortho nitro benzene ring substituents is 1. The number of nitro benzene ring substituents is 1. The van der Waals surface area contributed by atoms with Gasteiger partial charge in [0, 0.05) is 30.8 Å². The second kappa shape index (κ2) is 10.0. The number of nitro groups is 1. The average molecular weight is 482 g/mol. The topological polar surface area (TPSA) is 119 Å². The summed E-state index contributed by atoms with van der Waals surface area (Å²) >= 11 is 0. The maximum atomic E-state index is 13.2. The molecule has 10 heteroatoms. The van der Waals surface area contributed by atoms with Crippen LogP contribution in [0, 0.1) is 10.1 Å². The molecule has 1 heterocycles. The van der Waals surface area contributed by atoms with Crippen LogP contribution in [-0.4, -0.2) is 36.6 Å². The maximum Gasteiger partial charge on any atom is 0.270 e. The van der Waals surface area contributed by atoms with Gasteiger partial charge in [-0.25, -0.2) is 8.42 Å². The normalized spacial score (nSPS) is 14.4. The molecule has 0 unspecified atom stereocenters. The van der Waals surface area contributed by atoms with Crippen molar-refractivity contribution in [3.8, 4) is 11.5 Å². The Morgan fingerprint density at radius 2 is 1.68 bits per heavy atom. The standard InChI is InChI=1S/C24H23N3O6S/c28-24(18-8-7-9-19(16-18)27(29)30)25-22-17-21(34(31,32)26-14-5-2-6-15-26)12-13-23(22)33-20-10-3-1-4-11-20/h1,3-4,7-13,16-17H,2,5-6,14-15H2,(H,25,28). The molecule has 34 heavy (non-hydrogen) atoms. The molecule has 0 spiro atoms. The second-order valence-electron chi connectivity index (χ2n) is 7.80. The molecule has 4 rings (SSSR count). The number of sulfonamides is 1. The summed E-state index contributed by atoms with van der Waals surface area (Å²) in [5, 5.41) is 13.7. The fourth-order valence-electron chi connectivity index (χ4n) is 3.68. The largest absolute Gasteiger partial charge is 0.455 e. The van der Waals surface area contributed by atoms with Crippen LogP contribution in [-0.2, 0) is 10.0 Å². The highest BCUT2D eigenvalue weighted by Crippen LogP contribution is 2.33. The van der Waals surface area contributed by atoms with E-state index in [4.69, 9.17) is 4.74 Å². The number of nitrogens with one attached hydrogen (secondary N) is 1. The first-order valence-electron chi connectivity index (χ1n) is 10.8. The lowest BCUT2D eigenvalue weighted by Crippen LogP contribution is -2.35. The van der Waals surface area contributed by atoms with E-state index in [1.54, 1.807) is 24.3 Å². The Kier molecular flexibility index (Phi) is 6.90. The van der Waals surface area contributed by atoms with Crippen molar-refractivity contribution in [2.45, 2.75) is 24.2 Å². The molecule has 1 N–H and O–H groups in total. The molecule has 1 aliphatic heterocycles. The van der Waals surface area contributed by atoms with Crippen LogP contribution in [0.5, 0.6) is 11.5 Å². The van der Waals surface area contributed by atoms with Crippen molar-refractivity contribution in [1.29, 1.82) is 0 Å². The molecule has 0 aliphatic carbocycles. The van der Waals surface area contributed by atoms with Crippen molar-refractivity contribution in [3.63, 3.8) is 0 Å². The van der Waals surface area contributed by atoms with Crippen molar-refractivity contribution in [2.75, 3.05) is 18.4 Å². The van der Waals surface area contributed by atoms with Gasteiger partial charge in [-0.1, -0.05) is 30.7 Å². The molecule has 0 saturated carbocycles. The fourth-order valence-corrected chi connectivity index (χ4v) is 5.23. The Labute approximate surface area is 197 Å². The maximum absolute atomic E-state index is 13.2. The highest BCUT2D eigenvalue weighted by molar-refractivity contribution is 7.89. The Morgan fingerprint density at radius 3 is 2.38 bits per heavy atom. The van der Waals surface area contributed by atoms with Gasteiger partial charge in [0.1, 0.15) is 5.75 Å². The van der Waals surface area contributed by atoms with Crippen LogP contribution < -0.4 is 10.1 Å². The third kappa shape index (κ3) is 5.24. The van der Waals surface area contributed by atoms with E-state index in [9.17, 15) is 23.3 Å².